The van der Waals surface area contributed by atoms with Crippen LogP contribution in [0.3, 0.4) is 0 Å². The summed E-state index contributed by atoms with van der Waals surface area (Å²) in [7, 11) is 0. The third-order valence-electron chi connectivity index (χ3n) is 13.9. The fraction of sp³-hybridized carbons (Fsp3) is 0.625. The number of nitrogen functional groups attached to an aromatic ring is 2. The highest BCUT2D eigenvalue weighted by atomic mass is 16.5. The van der Waals surface area contributed by atoms with Gasteiger partial charge < -0.3 is 30.4 Å². The molecule has 0 saturated heterocycles. The van der Waals surface area contributed by atoms with Crippen molar-refractivity contribution in [3.8, 4) is 56.4 Å². The molecule has 0 unspecified atom stereocenters. The topological polar surface area (TPSA) is 89.0 Å². The molecule has 0 aliphatic rings. The van der Waals surface area contributed by atoms with Gasteiger partial charge in [-0.3, -0.25) is 0 Å². The summed E-state index contributed by atoms with van der Waals surface area (Å²) in [5.41, 5.74) is 20.1. The Morgan fingerprint density at radius 1 is 0.257 bits per heavy atom. The second-order valence-corrected chi connectivity index (χ2v) is 20.2. The Kier molecular flexibility index (Phi) is 31.2. The van der Waals surface area contributed by atoms with E-state index in [0.29, 0.717) is 26.4 Å². The Labute approximate surface area is 428 Å². The fourth-order valence-corrected chi connectivity index (χ4v) is 9.47. The Morgan fingerprint density at radius 2 is 0.457 bits per heavy atom. The number of ether oxygens (including phenoxy) is 4. The fourth-order valence-electron chi connectivity index (χ4n) is 9.47. The Balaban J connectivity index is 1.76. The van der Waals surface area contributed by atoms with Gasteiger partial charge in [-0.15, -0.1) is 0 Å². The Hall–Kier alpha value is -4.32. The lowest BCUT2D eigenvalue weighted by molar-refractivity contribution is 0.294. The lowest BCUT2D eigenvalue weighted by atomic mass is 9.94. The minimum atomic E-state index is 0.640. The highest BCUT2D eigenvalue weighted by molar-refractivity contribution is 5.87. The van der Waals surface area contributed by atoms with Crippen LogP contribution in [0.5, 0.6) is 23.0 Å². The molecule has 70 heavy (non-hydrogen) atoms. The van der Waals surface area contributed by atoms with E-state index in [2.05, 4.69) is 76.2 Å². The van der Waals surface area contributed by atoms with Gasteiger partial charge in [-0.2, -0.15) is 0 Å². The first kappa shape index (κ1) is 58.3. The molecule has 4 rings (SSSR count). The van der Waals surface area contributed by atoms with Gasteiger partial charge in [-0.1, -0.05) is 232 Å². The Bertz CT molecular complexity index is 1770. The molecular formula is C64H100N2O4. The molecule has 390 valence electrons. The highest BCUT2D eigenvalue weighted by Crippen LogP contribution is 2.48. The number of nitrogens with two attached hydrogens (primary N) is 2. The normalized spacial score (nSPS) is 11.3. The van der Waals surface area contributed by atoms with E-state index in [-0.39, 0.29) is 0 Å². The molecule has 6 nitrogen and oxygen atoms in total. The first-order chi connectivity index (χ1) is 34.5. The zero-order valence-corrected chi connectivity index (χ0v) is 45.2. The molecule has 0 aliphatic carbocycles. The average molecular weight is 962 g/mol. The summed E-state index contributed by atoms with van der Waals surface area (Å²) in [5, 5.41) is 0. The van der Waals surface area contributed by atoms with Crippen molar-refractivity contribution in [2.24, 2.45) is 0 Å². The largest absolute Gasteiger partial charge is 0.493 e. The molecular weight excluding hydrogens is 861 g/mol. The number of rotatable bonds is 43. The van der Waals surface area contributed by atoms with Gasteiger partial charge in [0.15, 0.2) is 0 Å². The summed E-state index contributed by atoms with van der Waals surface area (Å²) < 4.78 is 27.7. The van der Waals surface area contributed by atoms with Crippen LogP contribution >= 0.6 is 0 Å². The van der Waals surface area contributed by atoms with Crippen molar-refractivity contribution in [2.45, 2.75) is 233 Å². The summed E-state index contributed by atoms with van der Waals surface area (Å²) >= 11 is 0. The molecule has 0 heterocycles. The quantitative estimate of drug-likeness (QED) is 0.0339. The number of hydrogen-bond acceptors (Lipinski definition) is 6. The number of benzene rings is 4. The van der Waals surface area contributed by atoms with Crippen LogP contribution in [0.15, 0.2) is 72.8 Å². The van der Waals surface area contributed by atoms with Gasteiger partial charge >= 0.3 is 0 Å². The molecule has 0 aromatic heterocycles. The van der Waals surface area contributed by atoms with E-state index < -0.39 is 0 Å². The van der Waals surface area contributed by atoms with Crippen LogP contribution in [0.2, 0.25) is 0 Å². The number of anilines is 2. The minimum absolute atomic E-state index is 0.640. The monoisotopic (exact) mass is 961 g/mol. The summed E-state index contributed by atoms with van der Waals surface area (Å²) in [4.78, 5) is 0. The molecule has 0 radical (unpaired) electrons. The molecule has 0 saturated carbocycles. The van der Waals surface area contributed by atoms with E-state index in [1.54, 1.807) is 0 Å². The standard InChI is InChI=1S/C64H100N2O4/c1-5-9-13-17-21-25-29-33-45-67-61-51-59(63(49-57(61)53-37-41-55(65)42-38-53)69-47-35-31-27-23-19-15-11-7-3)60-52-62(68-46-34-30-26-22-18-14-10-6-2)58(54-39-43-56(66)44-40-54)50-64(60)70-48-36-32-28-24-20-16-12-8-4/h37-44,49-52H,5-36,45-48,65-66H2,1-4H3. The number of unbranched alkanes of at least 4 members (excludes halogenated alkanes) is 28. The first-order valence-corrected chi connectivity index (χ1v) is 29.1. The lowest BCUT2D eigenvalue weighted by Crippen LogP contribution is -2.06. The molecule has 0 atom stereocenters. The molecule has 0 amide bonds. The number of hydrogen-bond donors (Lipinski definition) is 2. The van der Waals surface area contributed by atoms with Crippen molar-refractivity contribution in [1.82, 2.24) is 0 Å². The summed E-state index contributed by atoms with van der Waals surface area (Å²) in [6, 6.07) is 25.2. The van der Waals surface area contributed by atoms with Gasteiger partial charge in [-0.05, 0) is 85.3 Å². The van der Waals surface area contributed by atoms with Crippen molar-refractivity contribution in [2.75, 3.05) is 37.9 Å². The van der Waals surface area contributed by atoms with E-state index >= 15 is 0 Å². The predicted octanol–water partition coefficient (Wildman–Crippen LogP) is 19.9. The molecule has 6 heteroatoms. The van der Waals surface area contributed by atoms with Gasteiger partial charge in [0.25, 0.3) is 0 Å². The van der Waals surface area contributed by atoms with Gasteiger partial charge in [0, 0.05) is 33.6 Å². The average Bonchev–Trinajstić information content (AvgIpc) is 3.37. The van der Waals surface area contributed by atoms with Crippen LogP contribution in [0.4, 0.5) is 11.4 Å². The molecule has 0 fully saturated rings. The van der Waals surface area contributed by atoms with Crippen molar-refractivity contribution < 1.29 is 18.9 Å². The molecule has 4 N–H and O–H groups in total. The van der Waals surface area contributed by atoms with Gasteiger partial charge in [0.2, 0.25) is 0 Å². The van der Waals surface area contributed by atoms with Gasteiger partial charge in [0.05, 0.1) is 26.4 Å². The molecule has 0 aliphatic heterocycles. The lowest BCUT2D eigenvalue weighted by Gasteiger charge is -2.22. The maximum Gasteiger partial charge on any atom is 0.128 e. The molecule has 0 spiro atoms. The third kappa shape index (κ3) is 23.3. The maximum atomic E-state index is 6.97. The SMILES string of the molecule is CCCCCCCCCCOc1cc(-c2cc(OCCCCCCCCCC)c(-c3ccc(N)cc3)cc2OCCCCCCCCCC)c(OCCCCCCCCCC)cc1-c1ccc(N)cc1. The van der Waals surface area contributed by atoms with Crippen molar-refractivity contribution >= 4 is 11.4 Å². The second-order valence-electron chi connectivity index (χ2n) is 20.2. The summed E-state index contributed by atoms with van der Waals surface area (Å²) in [6.07, 6.45) is 39.9. The zero-order valence-electron chi connectivity index (χ0n) is 45.2. The molecule has 0 bridgehead atoms. The van der Waals surface area contributed by atoms with E-state index in [0.717, 1.165) is 106 Å². The van der Waals surface area contributed by atoms with Crippen molar-refractivity contribution in [3.05, 3.63) is 72.8 Å². The van der Waals surface area contributed by atoms with Crippen LogP contribution < -0.4 is 30.4 Å². The van der Waals surface area contributed by atoms with Gasteiger partial charge in [-0.25, -0.2) is 0 Å². The highest BCUT2D eigenvalue weighted by Gasteiger charge is 2.22. The summed E-state index contributed by atoms with van der Waals surface area (Å²) in [6.45, 7) is 11.7. The van der Waals surface area contributed by atoms with E-state index in [1.165, 1.54) is 167 Å². The van der Waals surface area contributed by atoms with Crippen molar-refractivity contribution in [3.63, 3.8) is 0 Å². The van der Waals surface area contributed by atoms with E-state index in [4.69, 9.17) is 30.4 Å². The smallest absolute Gasteiger partial charge is 0.128 e. The Morgan fingerprint density at radius 3 is 0.700 bits per heavy atom. The van der Waals surface area contributed by atoms with Crippen LogP contribution in [0.25, 0.3) is 33.4 Å². The van der Waals surface area contributed by atoms with Crippen LogP contribution in [-0.4, -0.2) is 26.4 Å². The zero-order chi connectivity index (χ0) is 49.7. The van der Waals surface area contributed by atoms with Crippen molar-refractivity contribution in [1.29, 1.82) is 0 Å². The van der Waals surface area contributed by atoms with Gasteiger partial charge in [0.1, 0.15) is 23.0 Å². The van der Waals surface area contributed by atoms with E-state index in [9.17, 15) is 0 Å². The maximum absolute atomic E-state index is 6.97. The van der Waals surface area contributed by atoms with E-state index in [1.807, 2.05) is 24.3 Å². The minimum Gasteiger partial charge on any atom is -0.493 e. The predicted molar refractivity (Wildman–Crippen MR) is 304 cm³/mol. The van der Waals surface area contributed by atoms with Crippen LogP contribution in [-0.2, 0) is 0 Å². The van der Waals surface area contributed by atoms with Crippen LogP contribution in [0, 0.1) is 0 Å². The summed E-state index contributed by atoms with van der Waals surface area (Å²) in [5.74, 6) is 3.36. The first-order valence-electron chi connectivity index (χ1n) is 29.1. The molecule has 4 aromatic rings. The molecule has 4 aromatic carbocycles. The van der Waals surface area contributed by atoms with Crippen LogP contribution in [0.1, 0.15) is 233 Å². The second kappa shape index (κ2) is 37.5. The third-order valence-corrected chi connectivity index (χ3v) is 13.9.